The molecule has 0 aromatic carbocycles. The molecule has 3 N–H and O–H groups in total. The maximum Gasteiger partial charge on any atom is 0.221 e. The Morgan fingerprint density at radius 1 is 1.38 bits per heavy atom. The van der Waals surface area contributed by atoms with E-state index in [1.807, 2.05) is 6.92 Å². The minimum absolute atomic E-state index is 0.0387. The van der Waals surface area contributed by atoms with Crippen LogP contribution in [-0.4, -0.2) is 18.5 Å². The first kappa shape index (κ1) is 12.4. The minimum Gasteiger partial charge on any atom is -0.356 e. The molecule has 0 spiro atoms. The van der Waals surface area contributed by atoms with E-state index in [0.29, 0.717) is 6.42 Å². The minimum atomic E-state index is 0.0387. The van der Waals surface area contributed by atoms with Crippen LogP contribution in [0.4, 0.5) is 0 Å². The largest absolute Gasteiger partial charge is 0.356 e. The van der Waals surface area contributed by atoms with Crippen LogP contribution >= 0.6 is 0 Å². The number of rotatable bonds is 7. The van der Waals surface area contributed by atoms with E-state index in [-0.39, 0.29) is 11.9 Å². The van der Waals surface area contributed by atoms with Gasteiger partial charge in [-0.15, -0.1) is 0 Å². The molecule has 3 nitrogen and oxygen atoms in total. The average molecular weight is 186 g/mol. The fourth-order valence-corrected chi connectivity index (χ4v) is 1.14. The summed E-state index contributed by atoms with van der Waals surface area (Å²) >= 11 is 0. The highest BCUT2D eigenvalue weighted by Gasteiger charge is 2.07. The zero-order chi connectivity index (χ0) is 10.1. The van der Waals surface area contributed by atoms with E-state index in [0.717, 1.165) is 32.2 Å². The fraction of sp³-hybridized carbons (Fsp3) is 0.900. The van der Waals surface area contributed by atoms with Gasteiger partial charge in [-0.3, -0.25) is 4.79 Å². The maximum absolute atomic E-state index is 11.2. The van der Waals surface area contributed by atoms with Crippen LogP contribution in [0.15, 0.2) is 0 Å². The topological polar surface area (TPSA) is 55.1 Å². The highest BCUT2D eigenvalue weighted by molar-refractivity contribution is 5.76. The average Bonchev–Trinajstić information content (AvgIpc) is 2.11. The van der Waals surface area contributed by atoms with Gasteiger partial charge < -0.3 is 11.1 Å². The molecular formula is C10H22N2O. The SMILES string of the molecule is CCCC[C@H](N)CC(=O)NCCC. The van der Waals surface area contributed by atoms with Gasteiger partial charge in [-0.25, -0.2) is 0 Å². The molecule has 0 aliphatic heterocycles. The highest BCUT2D eigenvalue weighted by Crippen LogP contribution is 2.01. The van der Waals surface area contributed by atoms with Gasteiger partial charge in [0.1, 0.15) is 0 Å². The second-order valence-corrected chi connectivity index (χ2v) is 3.46. The summed E-state index contributed by atoms with van der Waals surface area (Å²) in [4.78, 5) is 11.2. The Morgan fingerprint density at radius 2 is 2.08 bits per heavy atom. The van der Waals surface area contributed by atoms with E-state index in [1.54, 1.807) is 0 Å². The summed E-state index contributed by atoms with van der Waals surface area (Å²) < 4.78 is 0. The third-order valence-corrected chi connectivity index (χ3v) is 1.95. The predicted octanol–water partition coefficient (Wildman–Crippen LogP) is 1.42. The van der Waals surface area contributed by atoms with E-state index >= 15 is 0 Å². The molecule has 0 aliphatic carbocycles. The summed E-state index contributed by atoms with van der Waals surface area (Å²) in [5.74, 6) is 0.0884. The van der Waals surface area contributed by atoms with Crippen LogP contribution in [0.25, 0.3) is 0 Å². The van der Waals surface area contributed by atoms with Crippen molar-refractivity contribution in [1.82, 2.24) is 5.32 Å². The number of nitrogens with one attached hydrogen (secondary N) is 1. The van der Waals surface area contributed by atoms with E-state index in [2.05, 4.69) is 12.2 Å². The number of carbonyl (C=O) groups is 1. The molecule has 1 amide bonds. The van der Waals surface area contributed by atoms with Gasteiger partial charge >= 0.3 is 0 Å². The zero-order valence-corrected chi connectivity index (χ0v) is 8.81. The lowest BCUT2D eigenvalue weighted by molar-refractivity contribution is -0.121. The molecule has 1 atom stereocenters. The molecule has 0 heterocycles. The van der Waals surface area contributed by atoms with Crippen molar-refractivity contribution in [3.63, 3.8) is 0 Å². The molecule has 0 aromatic heterocycles. The molecular weight excluding hydrogens is 164 g/mol. The third kappa shape index (κ3) is 7.78. The fourth-order valence-electron chi connectivity index (χ4n) is 1.14. The van der Waals surface area contributed by atoms with Crippen molar-refractivity contribution >= 4 is 5.91 Å². The Morgan fingerprint density at radius 3 is 2.62 bits per heavy atom. The van der Waals surface area contributed by atoms with E-state index in [9.17, 15) is 4.79 Å². The number of hydrogen-bond donors (Lipinski definition) is 2. The van der Waals surface area contributed by atoms with Crippen molar-refractivity contribution in [3.8, 4) is 0 Å². The lowest BCUT2D eigenvalue weighted by Crippen LogP contribution is -2.32. The lowest BCUT2D eigenvalue weighted by atomic mass is 10.1. The van der Waals surface area contributed by atoms with Crippen LogP contribution in [0.1, 0.15) is 46.0 Å². The van der Waals surface area contributed by atoms with Crippen LogP contribution in [0.3, 0.4) is 0 Å². The monoisotopic (exact) mass is 186 g/mol. The maximum atomic E-state index is 11.2. The smallest absolute Gasteiger partial charge is 0.221 e. The highest BCUT2D eigenvalue weighted by atomic mass is 16.1. The Balaban J connectivity index is 3.41. The Kier molecular flexibility index (Phi) is 7.69. The molecule has 13 heavy (non-hydrogen) atoms. The quantitative estimate of drug-likeness (QED) is 0.632. The molecule has 0 aromatic rings. The van der Waals surface area contributed by atoms with Crippen molar-refractivity contribution in [1.29, 1.82) is 0 Å². The van der Waals surface area contributed by atoms with Gasteiger partial charge in [0.15, 0.2) is 0 Å². The molecule has 78 valence electrons. The van der Waals surface area contributed by atoms with E-state index in [1.165, 1.54) is 0 Å². The van der Waals surface area contributed by atoms with Crippen LogP contribution in [0.5, 0.6) is 0 Å². The van der Waals surface area contributed by atoms with Crippen molar-refractivity contribution in [2.45, 2.75) is 52.0 Å². The third-order valence-electron chi connectivity index (χ3n) is 1.95. The van der Waals surface area contributed by atoms with Gasteiger partial charge in [0.05, 0.1) is 0 Å². The first-order chi connectivity index (χ1) is 6.20. The molecule has 0 saturated carbocycles. The Bertz CT molecular complexity index is 137. The van der Waals surface area contributed by atoms with Gasteiger partial charge in [-0.2, -0.15) is 0 Å². The number of unbranched alkanes of at least 4 members (excludes halogenated alkanes) is 1. The lowest BCUT2D eigenvalue weighted by Gasteiger charge is -2.10. The van der Waals surface area contributed by atoms with Gasteiger partial charge in [-0.1, -0.05) is 26.7 Å². The van der Waals surface area contributed by atoms with Gasteiger partial charge in [0, 0.05) is 19.0 Å². The van der Waals surface area contributed by atoms with Gasteiger partial charge in [0.2, 0.25) is 5.91 Å². The molecule has 0 unspecified atom stereocenters. The van der Waals surface area contributed by atoms with Crippen molar-refractivity contribution in [2.75, 3.05) is 6.54 Å². The Labute approximate surface area is 81.1 Å². The van der Waals surface area contributed by atoms with E-state index in [4.69, 9.17) is 5.73 Å². The molecule has 0 fully saturated rings. The van der Waals surface area contributed by atoms with Crippen molar-refractivity contribution < 1.29 is 4.79 Å². The summed E-state index contributed by atoms with van der Waals surface area (Å²) in [5, 5.41) is 2.82. The summed E-state index contributed by atoms with van der Waals surface area (Å²) in [5.41, 5.74) is 5.77. The molecule has 3 heteroatoms. The summed E-state index contributed by atoms with van der Waals surface area (Å²) in [7, 11) is 0. The normalized spacial score (nSPS) is 12.5. The number of hydrogen-bond acceptors (Lipinski definition) is 2. The number of amides is 1. The van der Waals surface area contributed by atoms with Gasteiger partial charge in [-0.05, 0) is 12.8 Å². The van der Waals surface area contributed by atoms with Crippen molar-refractivity contribution in [3.05, 3.63) is 0 Å². The second kappa shape index (κ2) is 8.05. The Hall–Kier alpha value is -0.570. The van der Waals surface area contributed by atoms with Crippen LogP contribution in [0, 0.1) is 0 Å². The molecule has 0 aliphatic rings. The summed E-state index contributed by atoms with van der Waals surface area (Å²) in [6, 6.07) is 0.0387. The number of nitrogens with two attached hydrogens (primary N) is 1. The molecule has 0 radical (unpaired) electrons. The molecule has 0 bridgehead atoms. The van der Waals surface area contributed by atoms with Crippen LogP contribution < -0.4 is 11.1 Å². The summed E-state index contributed by atoms with van der Waals surface area (Å²) in [6.07, 6.45) is 4.67. The van der Waals surface area contributed by atoms with Crippen LogP contribution in [0.2, 0.25) is 0 Å². The molecule has 0 rings (SSSR count). The van der Waals surface area contributed by atoms with Gasteiger partial charge in [0.25, 0.3) is 0 Å². The number of carbonyl (C=O) groups excluding carboxylic acids is 1. The second-order valence-electron chi connectivity index (χ2n) is 3.46. The summed E-state index contributed by atoms with van der Waals surface area (Å²) in [6.45, 7) is 4.93. The van der Waals surface area contributed by atoms with Crippen molar-refractivity contribution in [2.24, 2.45) is 5.73 Å². The zero-order valence-electron chi connectivity index (χ0n) is 8.81. The predicted molar refractivity (Wildman–Crippen MR) is 55.4 cm³/mol. The first-order valence-electron chi connectivity index (χ1n) is 5.23. The standard InChI is InChI=1S/C10H22N2O/c1-3-5-6-9(11)8-10(13)12-7-4-2/h9H,3-8,11H2,1-2H3,(H,12,13)/t9-/m0/s1. The van der Waals surface area contributed by atoms with Crippen LogP contribution in [-0.2, 0) is 4.79 Å². The first-order valence-corrected chi connectivity index (χ1v) is 5.23. The van der Waals surface area contributed by atoms with E-state index < -0.39 is 0 Å². The molecule has 0 saturated heterocycles.